The van der Waals surface area contributed by atoms with Crippen LogP contribution in [0.1, 0.15) is 21.0 Å². The predicted octanol–water partition coefficient (Wildman–Crippen LogP) is 3.42. The minimum Gasteiger partial charge on any atom is -0.497 e. The van der Waals surface area contributed by atoms with Crippen LogP contribution in [-0.4, -0.2) is 41.1 Å². The van der Waals surface area contributed by atoms with Gasteiger partial charge in [-0.2, -0.15) is 11.8 Å². The van der Waals surface area contributed by atoms with Crippen LogP contribution in [0.25, 0.3) is 11.1 Å². The number of rotatable bonds is 5. The average molecular weight is 377 g/mol. The number of carbonyl (C=O) groups excluding carboxylic acids is 1. The Balaban J connectivity index is 1.83. The summed E-state index contributed by atoms with van der Waals surface area (Å²) in [5.74, 6) is 0.640. The molecule has 1 saturated heterocycles. The fourth-order valence-corrected chi connectivity index (χ4v) is 5.08. The Morgan fingerprint density at radius 1 is 1.28 bits per heavy atom. The zero-order chi connectivity index (χ0) is 18.0. The minimum absolute atomic E-state index is 0.322. The van der Waals surface area contributed by atoms with E-state index in [1.54, 1.807) is 18.9 Å². The maximum atomic E-state index is 12.6. The molecule has 2 heterocycles. The summed E-state index contributed by atoms with van der Waals surface area (Å²) in [5.41, 5.74) is 0.820. The molecular formula is C18H19NO4S2. The second-order valence-corrected chi connectivity index (χ2v) is 8.31. The fourth-order valence-electron chi connectivity index (χ4n) is 2.82. The van der Waals surface area contributed by atoms with Crippen LogP contribution in [0.2, 0.25) is 0 Å². The summed E-state index contributed by atoms with van der Waals surface area (Å²) < 4.78 is 5.17. The summed E-state index contributed by atoms with van der Waals surface area (Å²) in [6, 6.07) is 9.47. The molecular weight excluding hydrogens is 358 g/mol. The Bertz CT molecular complexity index is 792. The van der Waals surface area contributed by atoms with Crippen LogP contribution >= 0.6 is 23.1 Å². The SMILES string of the molecule is COc1ccc(-c2cc(C(=O)NC3(C(=O)O)CCSC3)sc2C)cc1. The van der Waals surface area contributed by atoms with Gasteiger partial charge in [-0.1, -0.05) is 12.1 Å². The van der Waals surface area contributed by atoms with Crippen molar-refractivity contribution in [1.82, 2.24) is 5.32 Å². The van der Waals surface area contributed by atoms with Gasteiger partial charge in [-0.25, -0.2) is 4.79 Å². The lowest BCUT2D eigenvalue weighted by Crippen LogP contribution is -2.54. The fraction of sp³-hybridized carbons (Fsp3) is 0.333. The third kappa shape index (κ3) is 3.52. The predicted molar refractivity (Wildman–Crippen MR) is 101 cm³/mol. The van der Waals surface area contributed by atoms with Gasteiger partial charge < -0.3 is 15.2 Å². The lowest BCUT2D eigenvalue weighted by atomic mass is 9.99. The number of carboxylic acid groups (broad SMARTS) is 1. The van der Waals surface area contributed by atoms with Gasteiger partial charge in [0.1, 0.15) is 11.3 Å². The number of hydrogen-bond acceptors (Lipinski definition) is 5. The van der Waals surface area contributed by atoms with E-state index >= 15 is 0 Å². The standard InChI is InChI=1S/C18H19NO4S2/c1-11-14(12-3-5-13(23-2)6-4-12)9-15(25-11)16(20)19-18(17(21)22)7-8-24-10-18/h3-6,9H,7-8,10H2,1-2H3,(H,19,20)(H,21,22). The highest BCUT2D eigenvalue weighted by Gasteiger charge is 2.43. The number of amides is 1. The molecule has 1 aliphatic heterocycles. The van der Waals surface area contributed by atoms with Gasteiger partial charge >= 0.3 is 5.97 Å². The van der Waals surface area contributed by atoms with Crippen LogP contribution in [0, 0.1) is 6.92 Å². The highest BCUT2D eigenvalue weighted by Crippen LogP contribution is 2.33. The average Bonchev–Trinajstić information content (AvgIpc) is 3.22. The van der Waals surface area contributed by atoms with E-state index in [1.807, 2.05) is 37.3 Å². The van der Waals surface area contributed by atoms with Gasteiger partial charge in [0.25, 0.3) is 5.91 Å². The largest absolute Gasteiger partial charge is 0.497 e. The van der Waals surface area contributed by atoms with E-state index < -0.39 is 11.5 Å². The first-order valence-electron chi connectivity index (χ1n) is 7.84. The summed E-state index contributed by atoms with van der Waals surface area (Å²) in [4.78, 5) is 25.8. The highest BCUT2D eigenvalue weighted by atomic mass is 32.2. The van der Waals surface area contributed by atoms with Crippen molar-refractivity contribution in [3.63, 3.8) is 0 Å². The summed E-state index contributed by atoms with van der Waals surface area (Å²) in [6.07, 6.45) is 0.453. The molecule has 1 fully saturated rings. The number of thiophene rings is 1. The normalized spacial score (nSPS) is 19.6. The van der Waals surface area contributed by atoms with Crippen LogP contribution in [0.3, 0.4) is 0 Å². The minimum atomic E-state index is -1.15. The van der Waals surface area contributed by atoms with Crippen molar-refractivity contribution in [2.75, 3.05) is 18.6 Å². The van der Waals surface area contributed by atoms with Gasteiger partial charge in [-0.15, -0.1) is 11.3 Å². The van der Waals surface area contributed by atoms with Crippen molar-refractivity contribution in [1.29, 1.82) is 0 Å². The Hall–Kier alpha value is -1.99. The third-order valence-corrected chi connectivity index (χ3v) is 6.57. The van der Waals surface area contributed by atoms with E-state index in [1.165, 1.54) is 11.3 Å². The van der Waals surface area contributed by atoms with E-state index in [4.69, 9.17) is 4.74 Å². The van der Waals surface area contributed by atoms with Crippen molar-refractivity contribution in [3.05, 3.63) is 40.1 Å². The molecule has 0 bridgehead atoms. The third-order valence-electron chi connectivity index (χ3n) is 4.33. The second kappa shape index (κ2) is 7.09. The van der Waals surface area contributed by atoms with E-state index in [0.29, 0.717) is 17.1 Å². The van der Waals surface area contributed by atoms with E-state index in [-0.39, 0.29) is 5.91 Å². The molecule has 2 aromatic rings. The Morgan fingerprint density at radius 3 is 2.56 bits per heavy atom. The van der Waals surface area contributed by atoms with Crippen LogP contribution in [0.5, 0.6) is 5.75 Å². The van der Waals surface area contributed by atoms with Gasteiger partial charge in [-0.3, -0.25) is 4.79 Å². The topological polar surface area (TPSA) is 75.6 Å². The lowest BCUT2D eigenvalue weighted by molar-refractivity contribution is -0.143. The maximum Gasteiger partial charge on any atom is 0.330 e. The number of aliphatic carboxylic acids is 1. The molecule has 2 N–H and O–H groups in total. The maximum absolute atomic E-state index is 12.6. The second-order valence-electron chi connectivity index (χ2n) is 5.95. The summed E-state index contributed by atoms with van der Waals surface area (Å²) in [5, 5.41) is 12.3. The molecule has 25 heavy (non-hydrogen) atoms. The smallest absolute Gasteiger partial charge is 0.330 e. The summed E-state index contributed by atoms with van der Waals surface area (Å²) >= 11 is 2.93. The number of thioether (sulfide) groups is 1. The van der Waals surface area contributed by atoms with Crippen molar-refractivity contribution in [2.24, 2.45) is 0 Å². The van der Waals surface area contributed by atoms with Gasteiger partial charge in [0.2, 0.25) is 0 Å². The molecule has 132 valence electrons. The Labute approximate surface area is 154 Å². The molecule has 1 unspecified atom stereocenters. The van der Waals surface area contributed by atoms with Gasteiger partial charge in [0.05, 0.1) is 12.0 Å². The van der Waals surface area contributed by atoms with Crippen LogP contribution < -0.4 is 10.1 Å². The van der Waals surface area contributed by atoms with Crippen LogP contribution in [-0.2, 0) is 4.79 Å². The van der Waals surface area contributed by atoms with Gasteiger partial charge in [0, 0.05) is 10.6 Å². The Kier molecular flexibility index (Phi) is 5.06. The zero-order valence-electron chi connectivity index (χ0n) is 14.0. The first kappa shape index (κ1) is 17.8. The molecule has 7 heteroatoms. The first-order chi connectivity index (χ1) is 11.9. The van der Waals surface area contributed by atoms with Crippen molar-refractivity contribution in [3.8, 4) is 16.9 Å². The molecule has 1 amide bonds. The van der Waals surface area contributed by atoms with Crippen LogP contribution in [0.4, 0.5) is 0 Å². The number of benzene rings is 1. The highest BCUT2D eigenvalue weighted by molar-refractivity contribution is 7.99. The first-order valence-corrected chi connectivity index (χ1v) is 9.81. The summed E-state index contributed by atoms with van der Waals surface area (Å²) in [7, 11) is 1.62. The molecule has 1 aliphatic rings. The monoisotopic (exact) mass is 377 g/mol. The van der Waals surface area contributed by atoms with E-state index in [9.17, 15) is 14.7 Å². The van der Waals surface area contributed by atoms with Crippen molar-refractivity contribution in [2.45, 2.75) is 18.9 Å². The molecule has 0 aliphatic carbocycles. The lowest BCUT2D eigenvalue weighted by Gasteiger charge is -2.24. The molecule has 1 atom stereocenters. The van der Waals surface area contributed by atoms with Crippen LogP contribution in [0.15, 0.2) is 30.3 Å². The number of nitrogens with one attached hydrogen (secondary N) is 1. The number of carbonyl (C=O) groups is 2. The molecule has 0 radical (unpaired) electrons. The molecule has 3 rings (SSSR count). The molecule has 1 aromatic heterocycles. The van der Waals surface area contributed by atoms with Gasteiger partial charge in [0.15, 0.2) is 0 Å². The van der Waals surface area contributed by atoms with E-state index in [2.05, 4.69) is 5.32 Å². The molecule has 0 spiro atoms. The van der Waals surface area contributed by atoms with E-state index in [0.717, 1.165) is 27.5 Å². The molecule has 0 saturated carbocycles. The molecule has 1 aromatic carbocycles. The van der Waals surface area contributed by atoms with Crippen molar-refractivity contribution >= 4 is 35.0 Å². The van der Waals surface area contributed by atoms with Gasteiger partial charge in [-0.05, 0) is 48.4 Å². The number of carboxylic acids is 1. The zero-order valence-corrected chi connectivity index (χ0v) is 15.6. The van der Waals surface area contributed by atoms with Crippen molar-refractivity contribution < 1.29 is 19.4 Å². The number of methoxy groups -OCH3 is 1. The number of hydrogen-bond donors (Lipinski definition) is 2. The Morgan fingerprint density at radius 2 is 2.00 bits per heavy atom. The number of aryl methyl sites for hydroxylation is 1. The summed E-state index contributed by atoms with van der Waals surface area (Å²) in [6.45, 7) is 1.96. The quantitative estimate of drug-likeness (QED) is 0.835. The molecule has 5 nitrogen and oxygen atoms in total. The number of ether oxygens (including phenoxy) is 1.